The molecule has 8 nitrogen and oxygen atoms in total. The molecule has 0 saturated carbocycles. The molecule has 118 valence electrons. The third-order valence-electron chi connectivity index (χ3n) is 2.91. The fourth-order valence-electron chi connectivity index (χ4n) is 1.73. The summed E-state index contributed by atoms with van der Waals surface area (Å²) in [4.78, 5) is 21.7. The first-order valence-corrected chi connectivity index (χ1v) is 6.44. The first-order valence-electron chi connectivity index (χ1n) is 6.44. The molecule has 23 heavy (non-hydrogen) atoms. The van der Waals surface area contributed by atoms with E-state index in [2.05, 4.69) is 10.5 Å². The van der Waals surface area contributed by atoms with E-state index in [0.717, 1.165) is 12.1 Å². The zero-order valence-electron chi connectivity index (χ0n) is 12.1. The van der Waals surface area contributed by atoms with Crippen LogP contribution in [0.15, 0.2) is 47.6 Å². The number of nitro groups is 1. The fourth-order valence-corrected chi connectivity index (χ4v) is 1.73. The number of carbonyl (C=O) groups is 1. The lowest BCUT2D eigenvalue weighted by Crippen LogP contribution is -2.17. The maximum absolute atomic E-state index is 11.8. The normalized spacial score (nSPS) is 10.5. The monoisotopic (exact) mass is 314 g/mol. The van der Waals surface area contributed by atoms with Gasteiger partial charge in [0.25, 0.3) is 11.6 Å². The minimum absolute atomic E-state index is 0.325. The Morgan fingerprint density at radius 3 is 2.57 bits per heavy atom. The molecular weight excluding hydrogens is 302 g/mol. The van der Waals surface area contributed by atoms with Gasteiger partial charge in [0.2, 0.25) is 0 Å². The molecule has 0 fully saturated rings. The highest BCUT2D eigenvalue weighted by Crippen LogP contribution is 2.22. The number of methoxy groups -OCH3 is 1. The third-order valence-corrected chi connectivity index (χ3v) is 2.91. The molecule has 0 spiro atoms. The summed E-state index contributed by atoms with van der Waals surface area (Å²) in [6, 6.07) is 9.94. The summed E-state index contributed by atoms with van der Waals surface area (Å²) >= 11 is 0. The lowest BCUT2D eigenvalue weighted by Gasteiger charge is -2.06. The summed E-state index contributed by atoms with van der Waals surface area (Å²) in [5.74, 6) is -0.511. The van der Waals surface area contributed by atoms with Crippen molar-refractivity contribution in [1.82, 2.24) is 5.43 Å². The van der Waals surface area contributed by atoms with Gasteiger partial charge < -0.3 is 9.84 Å². The minimum Gasteiger partial charge on any atom is -0.868 e. The molecule has 2 rings (SSSR count). The van der Waals surface area contributed by atoms with Crippen molar-refractivity contribution in [3.8, 4) is 11.5 Å². The number of nitrogens with zero attached hydrogens (tertiary/aromatic N) is 2. The summed E-state index contributed by atoms with van der Waals surface area (Å²) in [6.07, 6.45) is 1.22. The molecule has 0 atom stereocenters. The Labute approximate surface area is 131 Å². The van der Waals surface area contributed by atoms with Crippen LogP contribution in [0, 0.1) is 10.1 Å². The standard InChI is InChI=1S/C15H13N3O5/c1-23-12-5-3-11(4-6-12)15(20)17-16-9-10-2-7-14(19)13(8-10)18(21)22/h2-9,19H,1H3,(H,17,20)/p-1/b16-9-. The number of nitro benzene ring substituents is 1. The second-order valence-corrected chi connectivity index (χ2v) is 4.41. The van der Waals surface area contributed by atoms with Crippen molar-refractivity contribution in [3.05, 3.63) is 63.7 Å². The second kappa shape index (κ2) is 7.03. The van der Waals surface area contributed by atoms with Crippen molar-refractivity contribution in [2.75, 3.05) is 7.11 Å². The van der Waals surface area contributed by atoms with Crippen LogP contribution in [-0.4, -0.2) is 24.2 Å². The first-order chi connectivity index (χ1) is 11.0. The molecule has 8 heteroatoms. The largest absolute Gasteiger partial charge is 0.868 e. The van der Waals surface area contributed by atoms with Crippen molar-refractivity contribution >= 4 is 17.8 Å². The minimum atomic E-state index is -0.768. The number of hydrogen-bond donors (Lipinski definition) is 1. The number of benzene rings is 2. The number of amides is 1. The van der Waals surface area contributed by atoms with Crippen molar-refractivity contribution in [1.29, 1.82) is 0 Å². The maximum atomic E-state index is 11.8. The molecule has 2 aromatic rings. The van der Waals surface area contributed by atoms with E-state index in [4.69, 9.17) is 4.74 Å². The van der Waals surface area contributed by atoms with Crippen LogP contribution in [0.2, 0.25) is 0 Å². The Bertz CT molecular complexity index is 756. The Morgan fingerprint density at radius 1 is 1.26 bits per heavy atom. The lowest BCUT2D eigenvalue weighted by atomic mass is 10.2. The van der Waals surface area contributed by atoms with Gasteiger partial charge >= 0.3 is 0 Å². The van der Waals surface area contributed by atoms with Crippen molar-refractivity contribution in [3.63, 3.8) is 0 Å². The van der Waals surface area contributed by atoms with E-state index in [1.807, 2.05) is 0 Å². The van der Waals surface area contributed by atoms with Crippen molar-refractivity contribution < 1.29 is 19.6 Å². The van der Waals surface area contributed by atoms with Crippen LogP contribution in [0.3, 0.4) is 0 Å². The van der Waals surface area contributed by atoms with Crippen molar-refractivity contribution in [2.45, 2.75) is 0 Å². The van der Waals surface area contributed by atoms with E-state index in [9.17, 15) is 20.0 Å². The van der Waals surface area contributed by atoms with E-state index in [0.29, 0.717) is 16.9 Å². The molecule has 0 unspecified atom stereocenters. The van der Waals surface area contributed by atoms with Crippen LogP contribution >= 0.6 is 0 Å². The molecule has 0 aliphatic heterocycles. The molecule has 0 bridgehead atoms. The first kappa shape index (κ1) is 16.0. The molecule has 0 heterocycles. The average molecular weight is 314 g/mol. The van der Waals surface area contributed by atoms with Gasteiger partial charge in [0.15, 0.2) is 0 Å². The van der Waals surface area contributed by atoms with Gasteiger partial charge in [-0.2, -0.15) is 5.10 Å². The zero-order valence-corrected chi connectivity index (χ0v) is 12.1. The van der Waals surface area contributed by atoms with E-state index < -0.39 is 22.3 Å². The van der Waals surface area contributed by atoms with Crippen LogP contribution in [-0.2, 0) is 0 Å². The summed E-state index contributed by atoms with van der Waals surface area (Å²) in [5, 5.41) is 25.7. The smallest absolute Gasteiger partial charge is 0.271 e. The van der Waals surface area contributed by atoms with Gasteiger partial charge in [0, 0.05) is 17.2 Å². The quantitative estimate of drug-likeness (QED) is 0.509. The van der Waals surface area contributed by atoms with Crippen LogP contribution in [0.5, 0.6) is 11.5 Å². The van der Waals surface area contributed by atoms with Gasteiger partial charge in [-0.25, -0.2) is 5.43 Å². The molecule has 0 aliphatic rings. The van der Waals surface area contributed by atoms with Crippen LogP contribution in [0.4, 0.5) is 5.69 Å². The topological polar surface area (TPSA) is 117 Å². The number of hydrazone groups is 1. The van der Waals surface area contributed by atoms with E-state index in [-0.39, 0.29) is 0 Å². The molecule has 0 aliphatic carbocycles. The lowest BCUT2D eigenvalue weighted by molar-refractivity contribution is -0.398. The Kier molecular flexibility index (Phi) is 4.88. The predicted octanol–water partition coefficient (Wildman–Crippen LogP) is 1.44. The van der Waals surface area contributed by atoms with Gasteiger partial charge in [-0.05, 0) is 30.0 Å². The van der Waals surface area contributed by atoms with Crippen molar-refractivity contribution in [2.24, 2.45) is 5.10 Å². The van der Waals surface area contributed by atoms with E-state index in [1.54, 1.807) is 24.3 Å². The molecular formula is C15H12N3O5-. The Balaban J connectivity index is 2.04. The second-order valence-electron chi connectivity index (χ2n) is 4.41. The van der Waals surface area contributed by atoms with Gasteiger partial charge in [0.05, 0.1) is 18.2 Å². The molecule has 0 saturated heterocycles. The SMILES string of the molecule is COc1ccc(C(=O)N/N=C\c2ccc([O-])c([N+](=O)[O-])c2)cc1. The molecule has 0 aromatic heterocycles. The summed E-state index contributed by atoms with van der Waals surface area (Å²) in [5.41, 5.74) is 2.45. The summed E-state index contributed by atoms with van der Waals surface area (Å²) in [7, 11) is 1.52. The maximum Gasteiger partial charge on any atom is 0.271 e. The Hall–Kier alpha value is -3.42. The Morgan fingerprint density at radius 2 is 1.96 bits per heavy atom. The van der Waals surface area contributed by atoms with E-state index in [1.165, 1.54) is 19.4 Å². The van der Waals surface area contributed by atoms with Gasteiger partial charge in [-0.15, -0.1) is 0 Å². The highest BCUT2D eigenvalue weighted by Gasteiger charge is 2.07. The molecule has 1 amide bonds. The molecule has 0 radical (unpaired) electrons. The molecule has 1 N–H and O–H groups in total. The fraction of sp³-hybridized carbons (Fsp3) is 0.0667. The zero-order chi connectivity index (χ0) is 16.8. The van der Waals surface area contributed by atoms with Gasteiger partial charge in [-0.3, -0.25) is 14.9 Å². The number of nitrogens with one attached hydrogen (secondary N) is 1. The highest BCUT2D eigenvalue weighted by atomic mass is 16.6. The predicted molar refractivity (Wildman–Crippen MR) is 80.6 cm³/mol. The van der Waals surface area contributed by atoms with Gasteiger partial charge in [0.1, 0.15) is 5.75 Å². The number of carbonyl (C=O) groups excluding carboxylic acids is 1. The number of rotatable bonds is 5. The summed E-state index contributed by atoms with van der Waals surface area (Å²) < 4.78 is 4.99. The highest BCUT2D eigenvalue weighted by molar-refractivity contribution is 5.95. The number of hydrogen-bond acceptors (Lipinski definition) is 6. The van der Waals surface area contributed by atoms with Crippen LogP contribution in [0.1, 0.15) is 15.9 Å². The van der Waals surface area contributed by atoms with E-state index >= 15 is 0 Å². The van der Waals surface area contributed by atoms with Gasteiger partial charge in [-0.1, -0.05) is 12.1 Å². The number of ether oxygens (including phenoxy) is 1. The average Bonchev–Trinajstić information content (AvgIpc) is 2.56. The summed E-state index contributed by atoms with van der Waals surface area (Å²) in [6.45, 7) is 0. The van der Waals surface area contributed by atoms with Crippen LogP contribution in [0.25, 0.3) is 0 Å². The van der Waals surface area contributed by atoms with Crippen LogP contribution < -0.4 is 15.3 Å². The third kappa shape index (κ3) is 4.03. The molecule has 2 aromatic carbocycles.